The second kappa shape index (κ2) is 7.58. The Bertz CT molecular complexity index is 320. The fraction of sp³-hybridized carbons (Fsp3) is 0.647. The van der Waals surface area contributed by atoms with E-state index in [1.54, 1.807) is 0 Å². The average Bonchev–Trinajstić information content (AvgIpc) is 2.45. The van der Waals surface area contributed by atoms with Crippen LogP contribution in [0, 0.1) is 11.8 Å². The molecular formula is C17H27N. The molecule has 0 amide bonds. The molecule has 0 radical (unpaired) electrons. The van der Waals surface area contributed by atoms with E-state index < -0.39 is 0 Å². The maximum Gasteiger partial charge on any atom is -0.00180 e. The summed E-state index contributed by atoms with van der Waals surface area (Å²) in [6.07, 6.45) is 8.41. The zero-order valence-electron chi connectivity index (χ0n) is 11.7. The van der Waals surface area contributed by atoms with E-state index >= 15 is 0 Å². The van der Waals surface area contributed by atoms with Crippen LogP contribution in [0.5, 0.6) is 0 Å². The number of hydrogen-bond donors (Lipinski definition) is 1. The average molecular weight is 245 g/mol. The van der Waals surface area contributed by atoms with Crippen LogP contribution in [0.15, 0.2) is 30.3 Å². The molecule has 1 fully saturated rings. The molecule has 1 aliphatic rings. The van der Waals surface area contributed by atoms with Gasteiger partial charge in [0.1, 0.15) is 0 Å². The van der Waals surface area contributed by atoms with E-state index in [1.165, 1.54) is 50.6 Å². The second-order valence-corrected chi connectivity index (χ2v) is 5.64. The van der Waals surface area contributed by atoms with Crippen LogP contribution in [0.25, 0.3) is 0 Å². The second-order valence-electron chi connectivity index (χ2n) is 5.64. The van der Waals surface area contributed by atoms with Gasteiger partial charge in [-0.2, -0.15) is 0 Å². The zero-order valence-corrected chi connectivity index (χ0v) is 11.7. The number of hydrogen-bond acceptors (Lipinski definition) is 1. The van der Waals surface area contributed by atoms with Crippen molar-refractivity contribution >= 4 is 0 Å². The van der Waals surface area contributed by atoms with E-state index in [0.717, 1.165) is 18.4 Å². The van der Waals surface area contributed by atoms with Gasteiger partial charge in [-0.15, -0.1) is 0 Å². The van der Waals surface area contributed by atoms with Crippen molar-refractivity contribution in [1.82, 2.24) is 5.32 Å². The number of nitrogens with one attached hydrogen (secondary N) is 1. The van der Waals surface area contributed by atoms with Crippen LogP contribution in [-0.2, 0) is 6.42 Å². The van der Waals surface area contributed by atoms with Gasteiger partial charge < -0.3 is 5.32 Å². The van der Waals surface area contributed by atoms with Crippen LogP contribution in [-0.4, -0.2) is 13.1 Å². The minimum atomic E-state index is 0.919. The lowest BCUT2D eigenvalue weighted by atomic mass is 9.76. The van der Waals surface area contributed by atoms with Gasteiger partial charge in [-0.25, -0.2) is 0 Å². The monoisotopic (exact) mass is 245 g/mol. The first kappa shape index (κ1) is 13.6. The quantitative estimate of drug-likeness (QED) is 0.797. The van der Waals surface area contributed by atoms with Crippen molar-refractivity contribution in [3.8, 4) is 0 Å². The molecule has 0 aliphatic heterocycles. The van der Waals surface area contributed by atoms with Crippen molar-refractivity contribution in [2.45, 2.75) is 45.4 Å². The normalized spacial score (nSPS) is 24.1. The van der Waals surface area contributed by atoms with E-state index in [9.17, 15) is 0 Å². The lowest BCUT2D eigenvalue weighted by molar-refractivity contribution is 0.219. The first-order chi connectivity index (χ1) is 8.90. The van der Waals surface area contributed by atoms with Gasteiger partial charge in [-0.3, -0.25) is 0 Å². The molecule has 18 heavy (non-hydrogen) atoms. The maximum atomic E-state index is 3.55. The van der Waals surface area contributed by atoms with Crippen LogP contribution in [0.3, 0.4) is 0 Å². The molecule has 1 saturated carbocycles. The molecule has 2 atom stereocenters. The molecule has 2 rings (SSSR count). The highest BCUT2D eigenvalue weighted by molar-refractivity contribution is 5.14. The van der Waals surface area contributed by atoms with Gasteiger partial charge in [0.2, 0.25) is 0 Å². The lowest BCUT2D eigenvalue weighted by Crippen LogP contribution is -2.30. The predicted molar refractivity (Wildman–Crippen MR) is 78.8 cm³/mol. The highest BCUT2D eigenvalue weighted by Gasteiger charge is 2.24. The molecule has 0 saturated heterocycles. The Morgan fingerprint density at radius 2 is 1.78 bits per heavy atom. The van der Waals surface area contributed by atoms with Crippen molar-refractivity contribution in [2.24, 2.45) is 11.8 Å². The third kappa shape index (κ3) is 4.13. The van der Waals surface area contributed by atoms with E-state index in [0.29, 0.717) is 0 Å². The molecule has 1 heteroatoms. The summed E-state index contributed by atoms with van der Waals surface area (Å²) in [7, 11) is 0. The van der Waals surface area contributed by atoms with Crippen molar-refractivity contribution in [1.29, 1.82) is 0 Å². The van der Waals surface area contributed by atoms with E-state index in [-0.39, 0.29) is 0 Å². The minimum Gasteiger partial charge on any atom is -0.317 e. The smallest absolute Gasteiger partial charge is 0.00180 e. The van der Waals surface area contributed by atoms with Gasteiger partial charge in [0.05, 0.1) is 0 Å². The summed E-state index contributed by atoms with van der Waals surface area (Å²) < 4.78 is 0. The van der Waals surface area contributed by atoms with Gasteiger partial charge in [-0.05, 0) is 49.8 Å². The molecule has 0 bridgehead atoms. The molecule has 0 spiro atoms. The Morgan fingerprint density at radius 3 is 2.50 bits per heavy atom. The molecule has 1 nitrogen and oxygen atoms in total. The van der Waals surface area contributed by atoms with Crippen molar-refractivity contribution in [2.75, 3.05) is 13.1 Å². The summed E-state index contributed by atoms with van der Waals surface area (Å²) in [5.74, 6) is 1.86. The molecule has 0 aromatic heterocycles. The van der Waals surface area contributed by atoms with Gasteiger partial charge in [0, 0.05) is 0 Å². The standard InChI is InChI=1S/C17H27N/c1-2-18-14-17-11-7-6-10-16(17)13-12-15-8-4-3-5-9-15/h3-5,8-9,16-18H,2,6-7,10-14H2,1H3. The largest absolute Gasteiger partial charge is 0.317 e. The maximum absolute atomic E-state index is 3.55. The number of benzene rings is 1. The third-order valence-corrected chi connectivity index (χ3v) is 4.37. The highest BCUT2D eigenvalue weighted by atomic mass is 14.8. The van der Waals surface area contributed by atoms with Crippen LogP contribution in [0.1, 0.15) is 44.6 Å². The van der Waals surface area contributed by atoms with E-state index in [1.807, 2.05) is 0 Å². The van der Waals surface area contributed by atoms with Crippen LogP contribution < -0.4 is 5.32 Å². The summed E-state index contributed by atoms with van der Waals surface area (Å²) in [5.41, 5.74) is 1.50. The number of rotatable bonds is 6. The van der Waals surface area contributed by atoms with Crippen molar-refractivity contribution in [3.05, 3.63) is 35.9 Å². The van der Waals surface area contributed by atoms with Gasteiger partial charge in [0.25, 0.3) is 0 Å². The minimum absolute atomic E-state index is 0.919. The first-order valence-corrected chi connectivity index (χ1v) is 7.64. The lowest BCUT2D eigenvalue weighted by Gasteiger charge is -2.32. The summed E-state index contributed by atoms with van der Waals surface area (Å²) in [6.45, 7) is 4.56. The van der Waals surface area contributed by atoms with Gasteiger partial charge >= 0.3 is 0 Å². The van der Waals surface area contributed by atoms with E-state index in [2.05, 4.69) is 42.6 Å². The molecule has 2 unspecified atom stereocenters. The van der Waals surface area contributed by atoms with Crippen molar-refractivity contribution < 1.29 is 0 Å². The summed E-state index contributed by atoms with van der Waals surface area (Å²) >= 11 is 0. The van der Waals surface area contributed by atoms with Gasteiger partial charge in [-0.1, -0.05) is 56.5 Å². The Labute approximate surface area is 112 Å². The van der Waals surface area contributed by atoms with E-state index in [4.69, 9.17) is 0 Å². The summed E-state index contributed by atoms with van der Waals surface area (Å²) in [5, 5.41) is 3.55. The molecule has 1 aromatic rings. The van der Waals surface area contributed by atoms with Crippen LogP contribution in [0.4, 0.5) is 0 Å². The van der Waals surface area contributed by atoms with Crippen molar-refractivity contribution in [3.63, 3.8) is 0 Å². The molecule has 1 aromatic carbocycles. The molecule has 1 N–H and O–H groups in total. The third-order valence-electron chi connectivity index (χ3n) is 4.37. The zero-order chi connectivity index (χ0) is 12.6. The SMILES string of the molecule is CCNCC1CCCCC1CCc1ccccc1. The fourth-order valence-corrected chi connectivity index (χ4v) is 3.26. The molecule has 100 valence electrons. The Hall–Kier alpha value is -0.820. The molecular weight excluding hydrogens is 218 g/mol. The highest BCUT2D eigenvalue weighted by Crippen LogP contribution is 2.32. The number of aryl methyl sites for hydroxylation is 1. The Kier molecular flexibility index (Phi) is 5.73. The topological polar surface area (TPSA) is 12.0 Å². The summed E-state index contributed by atoms with van der Waals surface area (Å²) in [6, 6.07) is 11.0. The Balaban J connectivity index is 1.81. The molecule has 0 heterocycles. The predicted octanol–water partition coefficient (Wildman–Crippen LogP) is 4.04. The molecule has 1 aliphatic carbocycles. The first-order valence-electron chi connectivity index (χ1n) is 7.64. The fourth-order valence-electron chi connectivity index (χ4n) is 3.26. The summed E-state index contributed by atoms with van der Waals surface area (Å²) in [4.78, 5) is 0. The Morgan fingerprint density at radius 1 is 1.06 bits per heavy atom. The van der Waals surface area contributed by atoms with Crippen LogP contribution in [0.2, 0.25) is 0 Å². The van der Waals surface area contributed by atoms with Crippen LogP contribution >= 0.6 is 0 Å². The van der Waals surface area contributed by atoms with Gasteiger partial charge in [0.15, 0.2) is 0 Å².